The molecule has 0 amide bonds. The smallest absolute Gasteiger partial charge is 0.208 e. The van der Waals surface area contributed by atoms with Crippen molar-refractivity contribution in [2.45, 2.75) is 19.5 Å². The van der Waals surface area contributed by atoms with Gasteiger partial charge in [0.2, 0.25) is 5.16 Å². The number of aromatic nitrogens is 3. The maximum absolute atomic E-state index is 4.03. The molecule has 0 saturated heterocycles. The second kappa shape index (κ2) is 3.50. The Morgan fingerprint density at radius 2 is 2.22 bits per heavy atom. The summed E-state index contributed by atoms with van der Waals surface area (Å²) < 4.78 is 0. The zero-order valence-corrected chi connectivity index (χ0v) is 5.62. The number of nitrogens with one attached hydrogen (secondary N) is 1. The minimum absolute atomic E-state index is 0. The Kier molecular flexibility index (Phi) is 3.30. The Balaban J connectivity index is 0.000000640. The molecule has 0 saturated carbocycles. The summed E-state index contributed by atoms with van der Waals surface area (Å²) in [6, 6.07) is 0. The van der Waals surface area contributed by atoms with Gasteiger partial charge in [-0.15, -0.1) is 5.10 Å². The van der Waals surface area contributed by atoms with E-state index in [1.807, 2.05) is 13.2 Å². The number of hydrogen-bond donors (Lipinski definition) is 1. The fourth-order valence-electron chi connectivity index (χ4n) is 0.413. The Hall–Kier alpha value is -0.510. The molecule has 9 heavy (non-hydrogen) atoms. The van der Waals surface area contributed by atoms with E-state index in [1.165, 1.54) is 11.8 Å². The summed E-state index contributed by atoms with van der Waals surface area (Å²) in [6.07, 6.45) is 1.95. The van der Waals surface area contributed by atoms with Crippen LogP contribution in [-0.2, 0) is 0 Å². The summed E-state index contributed by atoms with van der Waals surface area (Å²) in [5, 5.41) is 7.41. The second-order valence-electron chi connectivity index (χ2n) is 1.41. The summed E-state index contributed by atoms with van der Waals surface area (Å²) in [6.45, 7) is 1.88. The number of hydrogen-bond acceptors (Lipinski definition) is 3. The predicted octanol–water partition coefficient (Wildman–Crippen LogP) is 1.47. The molecule has 0 aliphatic rings. The molecule has 3 nitrogen and oxygen atoms in total. The van der Waals surface area contributed by atoms with Crippen molar-refractivity contribution in [2.75, 3.05) is 6.26 Å². The summed E-state index contributed by atoms with van der Waals surface area (Å²) in [5.41, 5.74) is 0. The number of rotatable bonds is 1. The van der Waals surface area contributed by atoms with Gasteiger partial charge in [-0.2, -0.15) is 0 Å². The van der Waals surface area contributed by atoms with Crippen molar-refractivity contribution in [1.29, 1.82) is 0 Å². The second-order valence-corrected chi connectivity index (χ2v) is 2.18. The molecule has 4 heteroatoms. The van der Waals surface area contributed by atoms with Gasteiger partial charge in [-0.05, 0) is 13.2 Å². The van der Waals surface area contributed by atoms with E-state index in [4.69, 9.17) is 0 Å². The van der Waals surface area contributed by atoms with Gasteiger partial charge in [0.15, 0.2) is 0 Å². The maximum atomic E-state index is 4.03. The molecular formula is C5H11N3S. The van der Waals surface area contributed by atoms with E-state index < -0.39 is 0 Å². The summed E-state index contributed by atoms with van der Waals surface area (Å²) >= 11 is 1.54. The zero-order valence-electron chi connectivity index (χ0n) is 4.80. The van der Waals surface area contributed by atoms with Crippen LogP contribution in [0.3, 0.4) is 0 Å². The molecule has 0 unspecified atom stereocenters. The number of aromatic amines is 1. The molecule has 52 valence electrons. The lowest BCUT2D eigenvalue weighted by molar-refractivity contribution is 0.972. The van der Waals surface area contributed by atoms with Crippen LogP contribution in [0, 0.1) is 6.92 Å². The molecule has 0 radical (unpaired) electrons. The molecule has 0 aromatic carbocycles. The van der Waals surface area contributed by atoms with Crippen LogP contribution in [-0.4, -0.2) is 21.4 Å². The average Bonchev–Trinajstić information content (AvgIpc) is 2.14. The molecule has 0 fully saturated rings. The first-order valence-corrected chi connectivity index (χ1v) is 3.48. The summed E-state index contributed by atoms with van der Waals surface area (Å²) in [4.78, 5) is 4.03. The van der Waals surface area contributed by atoms with Crippen molar-refractivity contribution >= 4 is 11.8 Å². The van der Waals surface area contributed by atoms with Crippen LogP contribution < -0.4 is 0 Å². The maximum Gasteiger partial charge on any atom is 0.208 e. The topological polar surface area (TPSA) is 41.6 Å². The molecule has 1 heterocycles. The van der Waals surface area contributed by atoms with Gasteiger partial charge in [0.25, 0.3) is 0 Å². The van der Waals surface area contributed by atoms with E-state index in [0.29, 0.717) is 0 Å². The molecule has 0 spiro atoms. The van der Waals surface area contributed by atoms with Crippen LogP contribution >= 0.6 is 11.8 Å². The van der Waals surface area contributed by atoms with E-state index >= 15 is 0 Å². The van der Waals surface area contributed by atoms with Gasteiger partial charge in [0.1, 0.15) is 5.82 Å². The number of aryl methyl sites for hydroxylation is 1. The standard InChI is InChI=1S/C4H7N3S.CH4/c1-3-5-4(8-2)7-6-3;/h1-2H3,(H,5,6,7);1H4. The van der Waals surface area contributed by atoms with Crippen LogP contribution in [0.1, 0.15) is 13.3 Å². The lowest BCUT2D eigenvalue weighted by atomic mass is 10.8. The van der Waals surface area contributed by atoms with Crippen LogP contribution in [0.15, 0.2) is 5.16 Å². The van der Waals surface area contributed by atoms with Gasteiger partial charge in [-0.3, -0.25) is 5.10 Å². The Bertz CT molecular complexity index is 172. The third-order valence-corrected chi connectivity index (χ3v) is 1.31. The molecule has 0 bridgehead atoms. The minimum Gasteiger partial charge on any atom is -0.262 e. The van der Waals surface area contributed by atoms with Gasteiger partial charge in [0.05, 0.1) is 0 Å². The SMILES string of the molecule is C.CSc1n[nH]c(C)n1. The molecule has 1 rings (SSSR count). The van der Waals surface area contributed by atoms with Gasteiger partial charge < -0.3 is 0 Å². The molecule has 1 N–H and O–H groups in total. The van der Waals surface area contributed by atoms with Gasteiger partial charge >= 0.3 is 0 Å². The Labute approximate surface area is 59.3 Å². The average molecular weight is 145 g/mol. The van der Waals surface area contributed by atoms with Gasteiger partial charge in [-0.25, -0.2) is 4.98 Å². The lowest BCUT2D eigenvalue weighted by Crippen LogP contribution is -1.69. The highest BCUT2D eigenvalue weighted by molar-refractivity contribution is 7.98. The highest BCUT2D eigenvalue weighted by atomic mass is 32.2. The number of H-pyrrole nitrogens is 1. The van der Waals surface area contributed by atoms with Crippen LogP contribution in [0.4, 0.5) is 0 Å². The van der Waals surface area contributed by atoms with Crippen LogP contribution in [0.2, 0.25) is 0 Å². The predicted molar refractivity (Wildman–Crippen MR) is 39.6 cm³/mol. The normalized spacial score (nSPS) is 8.67. The van der Waals surface area contributed by atoms with Gasteiger partial charge in [-0.1, -0.05) is 19.2 Å². The highest BCUT2D eigenvalue weighted by Gasteiger charge is 1.92. The third-order valence-electron chi connectivity index (χ3n) is 0.759. The highest BCUT2D eigenvalue weighted by Crippen LogP contribution is 2.04. The Morgan fingerprint density at radius 1 is 1.56 bits per heavy atom. The first kappa shape index (κ1) is 8.49. The van der Waals surface area contributed by atoms with E-state index in [9.17, 15) is 0 Å². The minimum atomic E-state index is 0. The summed E-state index contributed by atoms with van der Waals surface area (Å²) in [7, 11) is 0. The fraction of sp³-hybridized carbons (Fsp3) is 0.600. The van der Waals surface area contributed by atoms with E-state index in [-0.39, 0.29) is 7.43 Å². The molecule has 1 aromatic rings. The van der Waals surface area contributed by atoms with E-state index in [2.05, 4.69) is 15.2 Å². The lowest BCUT2D eigenvalue weighted by Gasteiger charge is -1.76. The first-order valence-electron chi connectivity index (χ1n) is 2.26. The van der Waals surface area contributed by atoms with Crippen molar-refractivity contribution < 1.29 is 0 Å². The number of thioether (sulfide) groups is 1. The Morgan fingerprint density at radius 3 is 2.44 bits per heavy atom. The molecule has 0 atom stereocenters. The van der Waals surface area contributed by atoms with Crippen molar-refractivity contribution in [2.24, 2.45) is 0 Å². The summed E-state index contributed by atoms with van der Waals surface area (Å²) in [5.74, 6) is 0.870. The van der Waals surface area contributed by atoms with Gasteiger partial charge in [0, 0.05) is 0 Å². The first-order chi connectivity index (χ1) is 3.83. The number of nitrogens with zero attached hydrogens (tertiary/aromatic N) is 2. The third kappa shape index (κ3) is 2.05. The van der Waals surface area contributed by atoms with Crippen LogP contribution in [0.5, 0.6) is 0 Å². The van der Waals surface area contributed by atoms with Crippen molar-refractivity contribution in [3.05, 3.63) is 5.82 Å². The van der Waals surface area contributed by atoms with E-state index in [1.54, 1.807) is 0 Å². The molecular weight excluding hydrogens is 134 g/mol. The van der Waals surface area contributed by atoms with Crippen molar-refractivity contribution in [3.63, 3.8) is 0 Å². The van der Waals surface area contributed by atoms with E-state index in [0.717, 1.165) is 11.0 Å². The molecule has 1 aromatic heterocycles. The largest absolute Gasteiger partial charge is 0.262 e. The quantitative estimate of drug-likeness (QED) is 0.608. The fourth-order valence-corrected chi connectivity index (χ4v) is 0.779. The van der Waals surface area contributed by atoms with Crippen LogP contribution in [0.25, 0.3) is 0 Å². The zero-order chi connectivity index (χ0) is 5.98. The molecule has 0 aliphatic heterocycles. The molecule has 0 aliphatic carbocycles. The van der Waals surface area contributed by atoms with Crippen molar-refractivity contribution in [1.82, 2.24) is 15.2 Å². The van der Waals surface area contributed by atoms with Crippen molar-refractivity contribution in [3.8, 4) is 0 Å². The monoisotopic (exact) mass is 145 g/mol.